The fraction of sp³-hybridized carbons (Fsp3) is 0.750. The molecule has 0 radical (unpaired) electrons. The molecule has 0 aliphatic heterocycles. The zero-order chi connectivity index (χ0) is 15.1. The van der Waals surface area contributed by atoms with Gasteiger partial charge in [0.05, 0.1) is 0 Å². The first-order valence-corrected chi connectivity index (χ1v) is 5.64. The minimum Gasteiger partial charge on any atom is -0.724 e. The molecule has 0 heterocycles. The third-order valence-electron chi connectivity index (χ3n) is 1.55. The molecular weight excluding hydrogens is 234 g/mol. The van der Waals surface area contributed by atoms with Crippen LogP contribution in [0.3, 0.4) is 0 Å². The van der Waals surface area contributed by atoms with Gasteiger partial charge in [-0.15, -0.1) is 0 Å². The van der Waals surface area contributed by atoms with Crippen LogP contribution in [0, 0.1) is 0 Å². The number of isocyanates is 3. The summed E-state index contributed by atoms with van der Waals surface area (Å²) in [4.78, 5) is 28.3. The number of rotatable bonds is 5. The third-order valence-corrected chi connectivity index (χ3v) is 1.55. The summed E-state index contributed by atoms with van der Waals surface area (Å²) in [7, 11) is 1.38. The van der Waals surface area contributed by atoms with Gasteiger partial charge in [-0.3, -0.25) is 9.59 Å². The predicted molar refractivity (Wildman–Crippen MR) is 71.2 cm³/mol. The molecule has 104 valence electrons. The van der Waals surface area contributed by atoms with Gasteiger partial charge in [0.15, 0.2) is 0 Å². The molecule has 0 aromatic rings. The van der Waals surface area contributed by atoms with Crippen LogP contribution in [0.4, 0.5) is 0 Å². The van der Waals surface area contributed by atoms with E-state index in [0.29, 0.717) is 12.2 Å². The van der Waals surface area contributed by atoms with Gasteiger partial charge < -0.3 is 10.8 Å². The molecule has 0 fully saturated rings. The lowest BCUT2D eigenvalue weighted by Crippen LogP contribution is -1.73. The van der Waals surface area contributed by atoms with E-state index in [-0.39, 0.29) is 0 Å². The van der Waals surface area contributed by atoms with E-state index in [0.717, 1.165) is 0 Å². The molecular formula is C12H21N3O3-2. The van der Waals surface area contributed by atoms with Crippen molar-refractivity contribution in [1.82, 2.24) is 0 Å². The van der Waals surface area contributed by atoms with Crippen LogP contribution >= 0.6 is 0 Å². The van der Waals surface area contributed by atoms with Gasteiger partial charge in [-0.25, -0.2) is 9.79 Å². The SMILES string of the molecule is CCCCCCCC.CN=C=O.[N-]=C=O.[N-]=C=O. The number of carbonyl (C=O) groups excluding carboxylic acids is 3. The Labute approximate surface area is 109 Å². The third kappa shape index (κ3) is 142. The van der Waals surface area contributed by atoms with Crippen molar-refractivity contribution in [2.24, 2.45) is 4.99 Å². The topological polar surface area (TPSA) is 108 Å². The first kappa shape index (κ1) is 25.1. The summed E-state index contributed by atoms with van der Waals surface area (Å²) in [6.45, 7) is 4.51. The lowest BCUT2D eigenvalue weighted by Gasteiger charge is -1.93. The standard InChI is InChI=1S/C8H18.C2H3NO.2CNO/c1-3-5-7-8-6-4-2;1-3-2-4;2*2-1-3/h3-8H2,1-2H3;1H3;;/q;;2*-1. The zero-order valence-electron chi connectivity index (χ0n) is 11.3. The minimum absolute atomic E-state index is 0.500. The number of unbranched alkanes of at least 4 members (excludes halogenated alkanes) is 5. The molecule has 0 unspecified atom stereocenters. The van der Waals surface area contributed by atoms with E-state index >= 15 is 0 Å². The van der Waals surface area contributed by atoms with Crippen LogP contribution in [0.1, 0.15) is 52.4 Å². The fourth-order valence-electron chi connectivity index (χ4n) is 0.854. The van der Waals surface area contributed by atoms with Crippen LogP contribution in [0.2, 0.25) is 0 Å². The Morgan fingerprint density at radius 1 is 0.833 bits per heavy atom. The van der Waals surface area contributed by atoms with Gasteiger partial charge in [-0.05, 0) is 12.2 Å². The average molecular weight is 255 g/mol. The van der Waals surface area contributed by atoms with Crippen LogP contribution in [-0.4, -0.2) is 25.3 Å². The van der Waals surface area contributed by atoms with Crippen molar-refractivity contribution >= 4 is 18.2 Å². The summed E-state index contributed by atoms with van der Waals surface area (Å²) in [6.07, 6.45) is 10.8. The Morgan fingerprint density at radius 2 is 1.06 bits per heavy atom. The first-order chi connectivity index (χ1) is 8.66. The number of nitrogens with zero attached hydrogens (tertiary/aromatic N) is 3. The number of hydrogen-bond acceptors (Lipinski definition) is 4. The van der Waals surface area contributed by atoms with Crippen molar-refractivity contribution in [2.45, 2.75) is 52.4 Å². The van der Waals surface area contributed by atoms with E-state index in [1.54, 1.807) is 0 Å². The van der Waals surface area contributed by atoms with Gasteiger partial charge >= 0.3 is 0 Å². The van der Waals surface area contributed by atoms with Gasteiger partial charge in [-0.1, -0.05) is 52.4 Å². The fourth-order valence-corrected chi connectivity index (χ4v) is 0.854. The monoisotopic (exact) mass is 255 g/mol. The van der Waals surface area contributed by atoms with E-state index in [9.17, 15) is 0 Å². The average Bonchev–Trinajstić information content (AvgIpc) is 2.37. The molecule has 18 heavy (non-hydrogen) atoms. The van der Waals surface area contributed by atoms with E-state index in [2.05, 4.69) is 18.8 Å². The molecule has 6 nitrogen and oxygen atoms in total. The van der Waals surface area contributed by atoms with Crippen molar-refractivity contribution in [1.29, 1.82) is 0 Å². The summed E-state index contributed by atoms with van der Waals surface area (Å²) in [5.41, 5.74) is 0. The normalized spacial score (nSPS) is 6.17. The van der Waals surface area contributed by atoms with Gasteiger partial charge in [0.1, 0.15) is 0 Å². The van der Waals surface area contributed by atoms with Gasteiger partial charge in [0, 0.05) is 7.05 Å². The Balaban J connectivity index is -0.0000000827. The molecule has 0 spiro atoms. The molecule has 0 aromatic heterocycles. The van der Waals surface area contributed by atoms with E-state index in [1.165, 1.54) is 51.7 Å². The van der Waals surface area contributed by atoms with Crippen molar-refractivity contribution in [3.8, 4) is 0 Å². The predicted octanol–water partition coefficient (Wildman–Crippen LogP) is 3.10. The van der Waals surface area contributed by atoms with E-state index < -0.39 is 0 Å². The van der Waals surface area contributed by atoms with Crippen LogP contribution in [0.25, 0.3) is 10.8 Å². The lowest BCUT2D eigenvalue weighted by atomic mass is 10.1. The van der Waals surface area contributed by atoms with Crippen molar-refractivity contribution in [3.05, 3.63) is 10.8 Å². The maximum atomic E-state index is 8.88. The molecule has 0 amide bonds. The van der Waals surface area contributed by atoms with Gasteiger partial charge in [0.25, 0.3) is 0 Å². The Hall–Kier alpha value is -1.86. The summed E-state index contributed by atoms with van der Waals surface area (Å²) in [6, 6.07) is 0. The molecule has 0 saturated heterocycles. The highest BCUT2D eigenvalue weighted by atomic mass is 16.1. The second-order valence-corrected chi connectivity index (χ2v) is 2.91. The highest BCUT2D eigenvalue weighted by molar-refractivity contribution is 5.37. The zero-order valence-corrected chi connectivity index (χ0v) is 11.3. The minimum atomic E-state index is 0.500. The quantitative estimate of drug-likeness (QED) is 0.427. The molecule has 0 aliphatic carbocycles. The smallest absolute Gasteiger partial charge is 0.234 e. The van der Waals surface area contributed by atoms with Gasteiger partial charge in [0.2, 0.25) is 6.08 Å². The lowest BCUT2D eigenvalue weighted by molar-refractivity contribution is 0.564. The van der Waals surface area contributed by atoms with Crippen LogP contribution in [-0.2, 0) is 14.4 Å². The summed E-state index contributed by atoms with van der Waals surface area (Å²) in [5, 5.41) is 13.5. The van der Waals surface area contributed by atoms with E-state index in [1.807, 2.05) is 0 Å². The van der Waals surface area contributed by atoms with Crippen molar-refractivity contribution in [3.63, 3.8) is 0 Å². The largest absolute Gasteiger partial charge is 0.724 e. The Kier molecular flexibility index (Phi) is 63.7. The van der Waals surface area contributed by atoms with Crippen LogP contribution < -0.4 is 0 Å². The molecule has 0 rings (SSSR count). The molecule has 0 aliphatic rings. The molecule has 0 atom stereocenters. The highest BCUT2D eigenvalue weighted by Gasteiger charge is 1.83. The number of aliphatic imine (C=N–C) groups is 1. The summed E-state index contributed by atoms with van der Waals surface area (Å²) in [5.74, 6) is 0. The summed E-state index contributed by atoms with van der Waals surface area (Å²) >= 11 is 0. The first-order valence-electron chi connectivity index (χ1n) is 5.64. The van der Waals surface area contributed by atoms with Gasteiger partial charge in [-0.2, -0.15) is 0 Å². The summed E-state index contributed by atoms with van der Waals surface area (Å²) < 4.78 is 0. The Morgan fingerprint density at radius 3 is 1.17 bits per heavy atom. The molecule has 6 heteroatoms. The Bertz CT molecular complexity index is 219. The highest BCUT2D eigenvalue weighted by Crippen LogP contribution is 2.03. The van der Waals surface area contributed by atoms with Crippen LogP contribution in [0.5, 0.6) is 0 Å². The molecule has 0 N–H and O–H groups in total. The molecule has 0 bridgehead atoms. The molecule has 0 saturated carbocycles. The van der Waals surface area contributed by atoms with Crippen LogP contribution in [0.15, 0.2) is 4.99 Å². The second kappa shape index (κ2) is 45.7. The van der Waals surface area contributed by atoms with E-state index in [4.69, 9.17) is 25.2 Å². The second-order valence-electron chi connectivity index (χ2n) is 2.91. The maximum Gasteiger partial charge on any atom is 0.234 e. The maximum absolute atomic E-state index is 8.88. The van der Waals surface area contributed by atoms with Crippen molar-refractivity contribution in [2.75, 3.05) is 7.05 Å². The number of hydrogen-bond donors (Lipinski definition) is 0. The van der Waals surface area contributed by atoms with Crippen molar-refractivity contribution < 1.29 is 14.4 Å². The molecule has 0 aromatic carbocycles.